The Morgan fingerprint density at radius 3 is 2.14 bits per heavy atom. The molecular formula is C18H23ClN2O5S2. The number of sulfonamides is 1. The van der Waals surface area contributed by atoms with Crippen molar-refractivity contribution < 1.29 is 21.6 Å². The predicted octanol–water partition coefficient (Wildman–Crippen LogP) is 1.58. The SMILES string of the molecule is CS(=O)(=O)NC1CC12CCN(C(=O)C1(S(=O)(=O)c3ccc(Cl)cc3)CC1)CC2. The van der Waals surface area contributed by atoms with Crippen molar-refractivity contribution in [2.24, 2.45) is 5.41 Å². The summed E-state index contributed by atoms with van der Waals surface area (Å²) in [5, 5.41) is 0.443. The maximum Gasteiger partial charge on any atom is 0.244 e. The van der Waals surface area contributed by atoms with Crippen LogP contribution >= 0.6 is 11.6 Å². The van der Waals surface area contributed by atoms with Gasteiger partial charge in [0.2, 0.25) is 15.9 Å². The highest BCUT2D eigenvalue weighted by Crippen LogP contribution is 2.55. The van der Waals surface area contributed by atoms with Crippen LogP contribution in [0.5, 0.6) is 0 Å². The van der Waals surface area contributed by atoms with Crippen LogP contribution in [0.1, 0.15) is 32.1 Å². The topological polar surface area (TPSA) is 101 Å². The largest absolute Gasteiger partial charge is 0.341 e. The van der Waals surface area contributed by atoms with E-state index in [-0.39, 0.29) is 22.3 Å². The first-order chi connectivity index (χ1) is 13.0. The van der Waals surface area contributed by atoms with Crippen molar-refractivity contribution in [3.8, 4) is 0 Å². The quantitative estimate of drug-likeness (QED) is 0.739. The van der Waals surface area contributed by atoms with E-state index in [4.69, 9.17) is 11.6 Å². The van der Waals surface area contributed by atoms with E-state index in [2.05, 4.69) is 4.72 Å². The first-order valence-electron chi connectivity index (χ1n) is 9.26. The van der Waals surface area contributed by atoms with Gasteiger partial charge in [-0.2, -0.15) is 0 Å². The number of carbonyl (C=O) groups is 1. The molecule has 1 unspecified atom stereocenters. The summed E-state index contributed by atoms with van der Waals surface area (Å²) in [4.78, 5) is 14.9. The van der Waals surface area contributed by atoms with Gasteiger partial charge in [-0.25, -0.2) is 21.6 Å². The standard InChI is InChI=1S/C18H23ClN2O5S2/c1-27(23,24)20-15-12-17(15)8-10-21(11-9-17)16(22)18(6-7-18)28(25,26)14-4-2-13(19)3-5-14/h2-5,15,20H,6-12H2,1H3. The number of amides is 1. The number of halogens is 1. The Balaban J connectivity index is 1.45. The van der Waals surface area contributed by atoms with Gasteiger partial charge in [-0.05, 0) is 61.8 Å². The van der Waals surface area contributed by atoms with Crippen molar-refractivity contribution >= 4 is 37.4 Å². The number of likely N-dealkylation sites (tertiary alicyclic amines) is 1. The molecular weight excluding hydrogens is 424 g/mol. The van der Waals surface area contributed by atoms with Crippen molar-refractivity contribution in [3.05, 3.63) is 29.3 Å². The zero-order valence-corrected chi connectivity index (χ0v) is 17.9. The van der Waals surface area contributed by atoms with Crippen LogP contribution in [0.4, 0.5) is 0 Å². The number of rotatable bonds is 5. The molecule has 2 saturated carbocycles. The molecule has 1 aromatic carbocycles. The number of hydrogen-bond donors (Lipinski definition) is 1. The van der Waals surface area contributed by atoms with Gasteiger partial charge in [0.05, 0.1) is 11.2 Å². The Bertz CT molecular complexity index is 1010. The number of piperidine rings is 1. The second-order valence-corrected chi connectivity index (χ2v) is 12.7. The van der Waals surface area contributed by atoms with Gasteiger partial charge in [0, 0.05) is 24.2 Å². The molecule has 2 aliphatic carbocycles. The van der Waals surface area contributed by atoms with E-state index in [0.717, 1.165) is 12.7 Å². The lowest BCUT2D eigenvalue weighted by molar-refractivity contribution is -0.133. The number of carbonyl (C=O) groups excluding carboxylic acids is 1. The lowest BCUT2D eigenvalue weighted by Gasteiger charge is -2.35. The number of sulfone groups is 1. The maximum absolute atomic E-state index is 13.1. The van der Waals surface area contributed by atoms with Crippen LogP contribution < -0.4 is 4.72 Å². The zero-order valence-electron chi connectivity index (χ0n) is 15.5. The molecule has 7 nitrogen and oxygen atoms in total. The molecule has 1 aliphatic heterocycles. The lowest BCUT2D eigenvalue weighted by atomic mass is 9.92. The average molecular weight is 447 g/mol. The number of nitrogens with zero attached hydrogens (tertiary/aromatic N) is 1. The van der Waals surface area contributed by atoms with Crippen LogP contribution in [0.3, 0.4) is 0 Å². The van der Waals surface area contributed by atoms with Crippen molar-refractivity contribution in [3.63, 3.8) is 0 Å². The molecule has 1 amide bonds. The third kappa shape index (κ3) is 3.36. The molecule has 10 heteroatoms. The Morgan fingerprint density at radius 1 is 1.07 bits per heavy atom. The van der Waals surface area contributed by atoms with Crippen LogP contribution in [0.15, 0.2) is 29.2 Å². The van der Waals surface area contributed by atoms with Gasteiger partial charge in [-0.1, -0.05) is 11.6 Å². The van der Waals surface area contributed by atoms with Gasteiger partial charge in [-0.15, -0.1) is 0 Å². The Morgan fingerprint density at radius 2 is 1.64 bits per heavy atom. The van der Waals surface area contributed by atoms with Gasteiger partial charge < -0.3 is 4.90 Å². The molecule has 3 fully saturated rings. The van der Waals surface area contributed by atoms with Crippen molar-refractivity contribution in [1.82, 2.24) is 9.62 Å². The Hall–Kier alpha value is -1.16. The highest BCUT2D eigenvalue weighted by atomic mass is 35.5. The predicted molar refractivity (Wildman–Crippen MR) is 105 cm³/mol. The summed E-state index contributed by atoms with van der Waals surface area (Å²) >= 11 is 5.85. The van der Waals surface area contributed by atoms with E-state index in [1.54, 1.807) is 4.90 Å². The van der Waals surface area contributed by atoms with Gasteiger partial charge in [0.25, 0.3) is 0 Å². The maximum atomic E-state index is 13.1. The zero-order chi connectivity index (χ0) is 20.4. The second kappa shape index (κ2) is 6.42. The summed E-state index contributed by atoms with van der Waals surface area (Å²) in [6.07, 6.45) is 3.95. The van der Waals surface area contributed by atoms with Crippen molar-refractivity contribution in [2.45, 2.75) is 47.8 Å². The minimum atomic E-state index is -3.78. The van der Waals surface area contributed by atoms with Gasteiger partial charge in [0.15, 0.2) is 14.6 Å². The molecule has 1 aromatic rings. The van der Waals surface area contributed by atoms with E-state index in [0.29, 0.717) is 43.8 Å². The molecule has 0 aromatic heterocycles. The number of nitrogens with one attached hydrogen (secondary N) is 1. The van der Waals surface area contributed by atoms with Crippen LogP contribution in [0.2, 0.25) is 5.02 Å². The fourth-order valence-electron chi connectivity index (χ4n) is 4.32. The molecule has 28 heavy (non-hydrogen) atoms. The molecule has 154 valence electrons. The monoisotopic (exact) mass is 446 g/mol. The van der Waals surface area contributed by atoms with Crippen LogP contribution in [0, 0.1) is 5.41 Å². The third-order valence-corrected chi connectivity index (χ3v) is 9.79. The van der Waals surface area contributed by atoms with E-state index >= 15 is 0 Å². The summed E-state index contributed by atoms with van der Waals surface area (Å²) in [7, 11) is -7.03. The minimum absolute atomic E-state index is 0.0764. The summed E-state index contributed by atoms with van der Waals surface area (Å²) in [5.74, 6) is -0.328. The lowest BCUT2D eigenvalue weighted by Crippen LogP contribution is -2.49. The van der Waals surface area contributed by atoms with Crippen LogP contribution in [-0.4, -0.2) is 57.8 Å². The van der Waals surface area contributed by atoms with Crippen LogP contribution in [0.25, 0.3) is 0 Å². The van der Waals surface area contributed by atoms with E-state index in [1.165, 1.54) is 24.3 Å². The molecule has 1 atom stereocenters. The summed E-state index contributed by atoms with van der Waals surface area (Å²) < 4.78 is 50.3. The molecule has 0 radical (unpaired) electrons. The minimum Gasteiger partial charge on any atom is -0.341 e. The summed E-state index contributed by atoms with van der Waals surface area (Å²) in [6.45, 7) is 0.914. The Kier molecular flexibility index (Phi) is 4.61. The first kappa shape index (κ1) is 20.1. The van der Waals surface area contributed by atoms with Gasteiger partial charge in [-0.3, -0.25) is 4.79 Å². The smallest absolute Gasteiger partial charge is 0.244 e. The van der Waals surface area contributed by atoms with E-state index in [1.807, 2.05) is 0 Å². The summed E-state index contributed by atoms with van der Waals surface area (Å²) in [5.41, 5.74) is -0.0916. The molecule has 0 bridgehead atoms. The molecule has 3 aliphatic rings. The molecule has 1 heterocycles. The average Bonchev–Trinajstić information content (AvgIpc) is 3.52. The molecule has 1 N–H and O–H groups in total. The highest BCUT2D eigenvalue weighted by Gasteiger charge is 2.64. The fourth-order valence-corrected chi connectivity index (χ4v) is 7.24. The van der Waals surface area contributed by atoms with E-state index in [9.17, 15) is 21.6 Å². The van der Waals surface area contributed by atoms with Gasteiger partial charge >= 0.3 is 0 Å². The molecule has 1 saturated heterocycles. The third-order valence-electron chi connectivity index (χ3n) is 6.32. The van der Waals surface area contributed by atoms with E-state index < -0.39 is 24.6 Å². The normalized spacial score (nSPS) is 25.5. The number of hydrogen-bond acceptors (Lipinski definition) is 5. The fraction of sp³-hybridized carbons (Fsp3) is 0.611. The summed E-state index contributed by atoms with van der Waals surface area (Å²) in [6, 6.07) is 5.85. The van der Waals surface area contributed by atoms with Crippen molar-refractivity contribution in [1.29, 1.82) is 0 Å². The van der Waals surface area contributed by atoms with Gasteiger partial charge in [0.1, 0.15) is 0 Å². The molecule has 1 spiro atoms. The van der Waals surface area contributed by atoms with Crippen molar-refractivity contribution in [2.75, 3.05) is 19.3 Å². The first-order valence-corrected chi connectivity index (χ1v) is 13.0. The number of benzene rings is 1. The Labute approximate surface area is 170 Å². The second-order valence-electron chi connectivity index (χ2n) is 8.25. The highest BCUT2D eigenvalue weighted by molar-refractivity contribution is 7.94. The molecule has 4 rings (SSSR count). The van der Waals surface area contributed by atoms with Crippen LogP contribution in [-0.2, 0) is 24.7 Å².